The van der Waals surface area contributed by atoms with Gasteiger partial charge in [0.15, 0.2) is 0 Å². The summed E-state index contributed by atoms with van der Waals surface area (Å²) in [5, 5.41) is 8.92. The van der Waals surface area contributed by atoms with Gasteiger partial charge in [0, 0.05) is 12.3 Å². The molecule has 74 valence electrons. The number of nitrogens with two attached hydrogens (primary N) is 1. The summed E-state index contributed by atoms with van der Waals surface area (Å²) in [6.07, 6.45) is 0. The summed E-state index contributed by atoms with van der Waals surface area (Å²) in [5.74, 6) is 6.21. The minimum atomic E-state index is 0.439. The fourth-order valence-electron chi connectivity index (χ4n) is 0.765. The number of thioether (sulfide) groups is 1. The molecule has 0 aliphatic heterocycles. The average molecular weight is 202 g/mol. The third kappa shape index (κ3) is 2.49. The zero-order valence-electron chi connectivity index (χ0n) is 7.90. The lowest BCUT2D eigenvalue weighted by Crippen LogP contribution is -2.22. The summed E-state index contributed by atoms with van der Waals surface area (Å²) in [6.45, 7) is 4.15. The molecule has 0 radical (unpaired) electrons. The zero-order chi connectivity index (χ0) is 9.84. The summed E-state index contributed by atoms with van der Waals surface area (Å²) in [7, 11) is 1.74. The molecule has 1 heterocycles. The zero-order valence-corrected chi connectivity index (χ0v) is 8.72. The molecule has 0 unspecified atom stereocenters. The highest BCUT2D eigenvalue weighted by molar-refractivity contribution is 7.99. The normalized spacial score (nSPS) is 10.8. The van der Waals surface area contributed by atoms with Crippen LogP contribution in [0.2, 0.25) is 0 Å². The molecule has 0 saturated carbocycles. The first-order valence-corrected chi connectivity index (χ1v) is 4.83. The summed E-state index contributed by atoms with van der Waals surface area (Å²) in [5.41, 5.74) is 5.50. The standard InChI is InChI=1S/C6H14N6S/c1-4(2)13-6-11-10-5(9-8-3)12(6)7/h4,8H,7H2,1-3H3,(H,9,10). The van der Waals surface area contributed by atoms with E-state index in [9.17, 15) is 0 Å². The first-order valence-electron chi connectivity index (χ1n) is 3.95. The fraction of sp³-hybridized carbons (Fsp3) is 0.667. The monoisotopic (exact) mass is 202 g/mol. The molecule has 0 atom stereocenters. The number of hydrogen-bond donors (Lipinski definition) is 3. The first kappa shape index (κ1) is 10.1. The molecule has 0 aliphatic rings. The van der Waals surface area contributed by atoms with Crippen molar-refractivity contribution < 1.29 is 0 Å². The van der Waals surface area contributed by atoms with Crippen molar-refractivity contribution in [3.05, 3.63) is 0 Å². The van der Waals surface area contributed by atoms with Crippen LogP contribution < -0.4 is 16.7 Å². The van der Waals surface area contributed by atoms with Gasteiger partial charge in [0.2, 0.25) is 5.16 Å². The molecular formula is C6H14N6S. The Balaban J connectivity index is 2.74. The topological polar surface area (TPSA) is 80.8 Å². The van der Waals surface area contributed by atoms with Gasteiger partial charge >= 0.3 is 0 Å². The smallest absolute Gasteiger partial charge is 0.258 e. The lowest BCUT2D eigenvalue weighted by molar-refractivity contribution is 0.829. The number of rotatable bonds is 4. The molecule has 1 aromatic heterocycles. The second-order valence-corrected chi connectivity index (χ2v) is 4.26. The lowest BCUT2D eigenvalue weighted by Gasteiger charge is -2.05. The van der Waals surface area contributed by atoms with E-state index in [-0.39, 0.29) is 0 Å². The van der Waals surface area contributed by atoms with Crippen LogP contribution in [0.5, 0.6) is 0 Å². The largest absolute Gasteiger partial charge is 0.334 e. The van der Waals surface area contributed by atoms with Crippen LogP contribution >= 0.6 is 11.8 Å². The highest BCUT2D eigenvalue weighted by atomic mass is 32.2. The number of aromatic nitrogens is 3. The maximum Gasteiger partial charge on any atom is 0.258 e. The minimum Gasteiger partial charge on any atom is -0.334 e. The Morgan fingerprint density at radius 3 is 2.69 bits per heavy atom. The predicted octanol–water partition coefficient (Wildman–Crippen LogP) is 0.0387. The molecule has 0 saturated heterocycles. The first-order chi connectivity index (χ1) is 6.15. The van der Waals surface area contributed by atoms with Crippen LogP contribution in [0.25, 0.3) is 0 Å². The molecule has 0 aromatic carbocycles. The highest BCUT2D eigenvalue weighted by Gasteiger charge is 2.10. The van der Waals surface area contributed by atoms with E-state index in [4.69, 9.17) is 5.84 Å². The Bertz CT molecular complexity index is 270. The molecule has 7 heteroatoms. The summed E-state index contributed by atoms with van der Waals surface area (Å²) < 4.78 is 1.42. The SMILES string of the molecule is CNNc1nnc(SC(C)C)n1N. The highest BCUT2D eigenvalue weighted by Crippen LogP contribution is 2.20. The van der Waals surface area contributed by atoms with Crippen molar-refractivity contribution >= 4 is 17.7 Å². The number of hydrogen-bond acceptors (Lipinski definition) is 6. The van der Waals surface area contributed by atoms with E-state index in [0.717, 1.165) is 0 Å². The quantitative estimate of drug-likeness (QED) is 0.363. The minimum absolute atomic E-state index is 0.439. The molecule has 0 aliphatic carbocycles. The Kier molecular flexibility index (Phi) is 3.38. The van der Waals surface area contributed by atoms with Crippen molar-refractivity contribution in [2.24, 2.45) is 0 Å². The van der Waals surface area contributed by atoms with Crippen molar-refractivity contribution in [3.63, 3.8) is 0 Å². The fourth-order valence-corrected chi connectivity index (χ4v) is 1.47. The molecule has 1 rings (SSSR count). The molecule has 1 aromatic rings. The van der Waals surface area contributed by atoms with E-state index in [1.165, 1.54) is 4.68 Å². The van der Waals surface area contributed by atoms with Crippen LogP contribution in [-0.2, 0) is 0 Å². The van der Waals surface area contributed by atoms with Crippen LogP contribution in [0.1, 0.15) is 13.8 Å². The predicted molar refractivity (Wildman–Crippen MR) is 53.8 cm³/mol. The van der Waals surface area contributed by atoms with Crippen LogP contribution in [0.4, 0.5) is 5.95 Å². The molecule has 0 spiro atoms. The van der Waals surface area contributed by atoms with Gasteiger partial charge in [0.1, 0.15) is 0 Å². The Morgan fingerprint density at radius 1 is 1.46 bits per heavy atom. The Morgan fingerprint density at radius 2 is 2.15 bits per heavy atom. The number of hydrazine groups is 1. The van der Waals surface area contributed by atoms with Crippen LogP contribution in [-0.4, -0.2) is 27.2 Å². The van der Waals surface area contributed by atoms with E-state index in [0.29, 0.717) is 16.4 Å². The third-order valence-electron chi connectivity index (χ3n) is 1.24. The molecule has 0 amide bonds. The maximum absolute atomic E-state index is 5.71. The van der Waals surface area contributed by atoms with Crippen molar-refractivity contribution in [2.45, 2.75) is 24.3 Å². The number of nitrogens with one attached hydrogen (secondary N) is 2. The van der Waals surface area contributed by atoms with Gasteiger partial charge in [-0.25, -0.2) is 10.1 Å². The van der Waals surface area contributed by atoms with E-state index >= 15 is 0 Å². The Labute approximate surface area is 81.2 Å². The third-order valence-corrected chi connectivity index (χ3v) is 2.20. The molecule has 0 bridgehead atoms. The summed E-state index contributed by atoms with van der Waals surface area (Å²) in [6, 6.07) is 0. The van der Waals surface area contributed by atoms with Crippen LogP contribution in [0, 0.1) is 0 Å². The van der Waals surface area contributed by atoms with Crippen molar-refractivity contribution in [3.8, 4) is 0 Å². The van der Waals surface area contributed by atoms with E-state index in [1.54, 1.807) is 18.8 Å². The summed E-state index contributed by atoms with van der Waals surface area (Å²) in [4.78, 5) is 0. The average Bonchev–Trinajstić information content (AvgIpc) is 2.36. The molecule has 0 fully saturated rings. The number of nitrogens with zero attached hydrogens (tertiary/aromatic N) is 3. The van der Waals surface area contributed by atoms with E-state index in [1.807, 2.05) is 0 Å². The van der Waals surface area contributed by atoms with Crippen molar-refractivity contribution in [1.29, 1.82) is 0 Å². The molecular weight excluding hydrogens is 188 g/mol. The van der Waals surface area contributed by atoms with Gasteiger partial charge in [0.25, 0.3) is 5.95 Å². The van der Waals surface area contributed by atoms with Gasteiger partial charge in [-0.3, -0.25) is 5.43 Å². The van der Waals surface area contributed by atoms with Crippen LogP contribution in [0.3, 0.4) is 0 Å². The molecule has 4 N–H and O–H groups in total. The molecule has 6 nitrogen and oxygen atoms in total. The Hall–Kier alpha value is -0.950. The summed E-state index contributed by atoms with van der Waals surface area (Å²) >= 11 is 1.57. The van der Waals surface area contributed by atoms with E-state index < -0.39 is 0 Å². The second-order valence-electron chi connectivity index (χ2n) is 2.72. The maximum atomic E-state index is 5.71. The van der Waals surface area contributed by atoms with Gasteiger partial charge in [-0.15, -0.1) is 10.2 Å². The molecule has 13 heavy (non-hydrogen) atoms. The lowest BCUT2D eigenvalue weighted by atomic mass is 10.6. The second kappa shape index (κ2) is 4.33. The van der Waals surface area contributed by atoms with Gasteiger partial charge in [0.05, 0.1) is 0 Å². The van der Waals surface area contributed by atoms with Crippen molar-refractivity contribution in [2.75, 3.05) is 18.3 Å². The van der Waals surface area contributed by atoms with Gasteiger partial charge in [-0.05, 0) is 0 Å². The number of nitrogen functional groups attached to an aromatic ring is 1. The van der Waals surface area contributed by atoms with Crippen molar-refractivity contribution in [1.82, 2.24) is 20.3 Å². The van der Waals surface area contributed by atoms with Crippen LogP contribution in [0.15, 0.2) is 5.16 Å². The van der Waals surface area contributed by atoms with Gasteiger partial charge in [-0.2, -0.15) is 0 Å². The van der Waals surface area contributed by atoms with E-state index in [2.05, 4.69) is 34.9 Å². The van der Waals surface area contributed by atoms with Gasteiger partial charge in [-0.1, -0.05) is 25.6 Å². The number of anilines is 1. The van der Waals surface area contributed by atoms with Gasteiger partial charge < -0.3 is 5.84 Å².